The Morgan fingerprint density at radius 1 is 0.367 bits per heavy atom. The van der Waals surface area contributed by atoms with Crippen molar-refractivity contribution in [1.29, 1.82) is 0 Å². The summed E-state index contributed by atoms with van der Waals surface area (Å²) < 4.78 is 0. The van der Waals surface area contributed by atoms with Gasteiger partial charge in [-0.2, -0.15) is 0 Å². The predicted molar refractivity (Wildman–Crippen MR) is 221 cm³/mol. The van der Waals surface area contributed by atoms with E-state index in [1.807, 2.05) is 0 Å². The highest BCUT2D eigenvalue weighted by atomic mass is 16.3. The van der Waals surface area contributed by atoms with Gasteiger partial charge in [0.2, 0.25) is 0 Å². The van der Waals surface area contributed by atoms with Crippen molar-refractivity contribution in [3.05, 3.63) is 28.8 Å². The molecule has 1 radical (unpaired) electrons. The molecule has 0 aliphatic carbocycles. The standard InChI is InChI=1S/C48H89O/c1-6-9-12-15-18-21-22-23-24-25-26-27-28-31-34-37-40-45-41-46(43(4)38-35-32-29-19-16-13-10-7-2)48(49)47(42-45)44(5)39-36-33-30-20-17-14-11-8-3/h41-44H,6-40H2,1-5H3. The van der Waals surface area contributed by atoms with Crippen molar-refractivity contribution in [2.45, 2.75) is 271 Å². The van der Waals surface area contributed by atoms with E-state index in [0.29, 0.717) is 17.6 Å². The van der Waals surface area contributed by atoms with Gasteiger partial charge < -0.3 is 0 Å². The molecule has 1 aromatic rings. The van der Waals surface area contributed by atoms with Crippen LogP contribution in [0.3, 0.4) is 0 Å². The fraction of sp³-hybridized carbons (Fsp3) is 0.875. The van der Waals surface area contributed by atoms with E-state index in [2.05, 4.69) is 46.8 Å². The maximum Gasteiger partial charge on any atom is 0.185 e. The Balaban J connectivity index is 2.50. The summed E-state index contributed by atoms with van der Waals surface area (Å²) in [5.74, 6) is 1.15. The second-order valence-corrected chi connectivity index (χ2v) is 16.5. The molecule has 0 heterocycles. The molecule has 1 aromatic carbocycles. The second kappa shape index (κ2) is 34.1. The summed E-state index contributed by atoms with van der Waals surface area (Å²) in [7, 11) is 0. The van der Waals surface area contributed by atoms with Crippen LogP contribution in [0.5, 0.6) is 5.75 Å². The zero-order valence-electron chi connectivity index (χ0n) is 34.5. The minimum Gasteiger partial charge on any atom is -0.289 e. The number of benzene rings is 1. The zero-order valence-corrected chi connectivity index (χ0v) is 34.5. The lowest BCUT2D eigenvalue weighted by atomic mass is 9.85. The van der Waals surface area contributed by atoms with Crippen molar-refractivity contribution < 1.29 is 5.11 Å². The maximum atomic E-state index is 13.9. The minimum absolute atomic E-state index is 0.382. The van der Waals surface area contributed by atoms with Gasteiger partial charge in [-0.05, 0) is 43.1 Å². The van der Waals surface area contributed by atoms with Crippen LogP contribution in [0.25, 0.3) is 0 Å². The summed E-state index contributed by atoms with van der Waals surface area (Å²) in [4.78, 5) is 0. The Labute approximate surface area is 310 Å². The highest BCUT2D eigenvalue weighted by molar-refractivity contribution is 5.47. The smallest absolute Gasteiger partial charge is 0.185 e. The molecule has 0 amide bonds. The van der Waals surface area contributed by atoms with E-state index in [1.54, 1.807) is 0 Å². The third-order valence-electron chi connectivity index (χ3n) is 11.6. The van der Waals surface area contributed by atoms with E-state index < -0.39 is 0 Å². The molecule has 1 heteroatoms. The third-order valence-corrected chi connectivity index (χ3v) is 11.6. The van der Waals surface area contributed by atoms with Crippen LogP contribution in [-0.4, -0.2) is 0 Å². The molecule has 1 rings (SSSR count). The molecule has 0 aliphatic heterocycles. The molecule has 0 saturated carbocycles. The van der Waals surface area contributed by atoms with Crippen molar-refractivity contribution in [3.8, 4) is 5.75 Å². The summed E-state index contributed by atoms with van der Waals surface area (Å²) >= 11 is 0. The van der Waals surface area contributed by atoms with E-state index in [9.17, 15) is 5.11 Å². The van der Waals surface area contributed by atoms with E-state index in [1.165, 1.54) is 224 Å². The molecule has 0 fully saturated rings. The number of hydrogen-bond acceptors (Lipinski definition) is 0. The lowest BCUT2D eigenvalue weighted by Crippen LogP contribution is -2.03. The number of rotatable bonds is 37. The van der Waals surface area contributed by atoms with Crippen molar-refractivity contribution in [3.63, 3.8) is 0 Å². The third kappa shape index (κ3) is 25.6. The van der Waals surface area contributed by atoms with Gasteiger partial charge in [-0.15, -0.1) is 0 Å². The Kier molecular flexibility index (Phi) is 32.1. The first-order valence-electron chi connectivity index (χ1n) is 22.9. The van der Waals surface area contributed by atoms with E-state index in [-0.39, 0.29) is 0 Å². The Bertz CT molecular complexity index is 779. The Hall–Kier alpha value is -0.980. The Morgan fingerprint density at radius 2 is 0.612 bits per heavy atom. The van der Waals surface area contributed by atoms with Crippen LogP contribution in [-0.2, 0) is 11.5 Å². The SMILES string of the molecule is CCCCCCCCCCCCCCCCCCc1cc(C(C)CCCCCCCCCC)c([O])c(C(C)CCCCCCCCCC)c1. The molecule has 2 unspecified atom stereocenters. The second-order valence-electron chi connectivity index (χ2n) is 16.5. The summed E-state index contributed by atoms with van der Waals surface area (Å²) in [6.07, 6.45) is 47.8. The first-order chi connectivity index (χ1) is 24.0. The number of hydrogen-bond donors (Lipinski definition) is 0. The van der Waals surface area contributed by atoms with Crippen LogP contribution >= 0.6 is 0 Å². The van der Waals surface area contributed by atoms with Crippen LogP contribution in [0.4, 0.5) is 0 Å². The van der Waals surface area contributed by atoms with Gasteiger partial charge in [-0.1, -0.05) is 246 Å². The summed E-state index contributed by atoms with van der Waals surface area (Å²) in [5.41, 5.74) is 3.71. The largest absolute Gasteiger partial charge is 0.289 e. The van der Waals surface area contributed by atoms with Gasteiger partial charge in [-0.3, -0.25) is 5.11 Å². The maximum absolute atomic E-state index is 13.9. The van der Waals surface area contributed by atoms with Crippen molar-refractivity contribution in [2.75, 3.05) is 0 Å². The van der Waals surface area contributed by atoms with Crippen LogP contribution in [0, 0.1) is 0 Å². The van der Waals surface area contributed by atoms with Gasteiger partial charge in [0.05, 0.1) is 0 Å². The topological polar surface area (TPSA) is 19.9 Å². The van der Waals surface area contributed by atoms with E-state index >= 15 is 0 Å². The quantitative estimate of drug-likeness (QED) is 0.0623. The van der Waals surface area contributed by atoms with Gasteiger partial charge >= 0.3 is 0 Å². The molecular formula is C48H89O. The minimum atomic E-state index is 0.382. The molecule has 0 N–H and O–H groups in total. The first kappa shape index (κ1) is 46.0. The molecule has 0 aliphatic rings. The van der Waals surface area contributed by atoms with Gasteiger partial charge in [0.15, 0.2) is 5.75 Å². The Morgan fingerprint density at radius 3 is 0.898 bits per heavy atom. The van der Waals surface area contributed by atoms with Gasteiger partial charge in [0.25, 0.3) is 0 Å². The number of aryl methyl sites for hydroxylation is 1. The van der Waals surface area contributed by atoms with Crippen LogP contribution < -0.4 is 0 Å². The van der Waals surface area contributed by atoms with E-state index in [0.717, 1.165) is 17.5 Å². The van der Waals surface area contributed by atoms with Crippen LogP contribution in [0.2, 0.25) is 0 Å². The summed E-state index contributed by atoms with van der Waals surface area (Å²) in [6.45, 7) is 11.6. The molecule has 49 heavy (non-hydrogen) atoms. The average molecular weight is 682 g/mol. The molecule has 0 bridgehead atoms. The average Bonchev–Trinajstić information content (AvgIpc) is 3.10. The molecule has 2 atom stereocenters. The lowest BCUT2D eigenvalue weighted by molar-refractivity contribution is 0.337. The van der Waals surface area contributed by atoms with Crippen molar-refractivity contribution in [1.82, 2.24) is 0 Å². The first-order valence-corrected chi connectivity index (χ1v) is 22.9. The number of unbranched alkanes of at least 4 members (excludes halogenated alkanes) is 29. The monoisotopic (exact) mass is 682 g/mol. The zero-order chi connectivity index (χ0) is 35.6. The predicted octanol–water partition coefficient (Wildman–Crippen LogP) is 17.9. The normalized spacial score (nSPS) is 12.9. The van der Waals surface area contributed by atoms with Gasteiger partial charge in [0, 0.05) is 11.1 Å². The van der Waals surface area contributed by atoms with Gasteiger partial charge in [-0.25, -0.2) is 0 Å². The van der Waals surface area contributed by atoms with Crippen LogP contribution in [0.1, 0.15) is 281 Å². The van der Waals surface area contributed by atoms with Gasteiger partial charge in [0.1, 0.15) is 0 Å². The molecular weight excluding hydrogens is 593 g/mol. The fourth-order valence-electron chi connectivity index (χ4n) is 7.97. The molecule has 0 saturated heterocycles. The lowest BCUT2D eigenvalue weighted by Gasteiger charge is -2.20. The molecule has 0 aromatic heterocycles. The van der Waals surface area contributed by atoms with E-state index in [4.69, 9.17) is 0 Å². The van der Waals surface area contributed by atoms with Crippen LogP contribution in [0.15, 0.2) is 12.1 Å². The summed E-state index contributed by atoms with van der Waals surface area (Å²) in [5, 5.41) is 13.9. The fourth-order valence-corrected chi connectivity index (χ4v) is 7.97. The molecule has 1 nitrogen and oxygen atoms in total. The molecule has 287 valence electrons. The summed E-state index contributed by atoms with van der Waals surface area (Å²) in [6, 6.07) is 4.69. The highest BCUT2D eigenvalue weighted by Crippen LogP contribution is 2.39. The van der Waals surface area contributed by atoms with Crippen molar-refractivity contribution in [2.24, 2.45) is 0 Å². The molecule has 0 spiro atoms. The highest BCUT2D eigenvalue weighted by Gasteiger charge is 2.20. The van der Waals surface area contributed by atoms with Crippen molar-refractivity contribution >= 4 is 0 Å².